The standard InChI is InChI=1S/C18H15N5O3/c19-17(24)16-8-12(3-4-20-16)26-13-9-23(10-13)18(25)11-1-2-14-15(7-11)22-6-5-21-14/h1-8,13H,9-10H2,(H2,19,24). The summed E-state index contributed by atoms with van der Waals surface area (Å²) in [6, 6.07) is 8.41. The molecule has 1 fully saturated rings. The van der Waals surface area contributed by atoms with Gasteiger partial charge in [-0.25, -0.2) is 0 Å². The molecule has 3 aromatic rings. The quantitative estimate of drug-likeness (QED) is 0.753. The first-order valence-electron chi connectivity index (χ1n) is 8.03. The molecule has 1 aliphatic heterocycles. The van der Waals surface area contributed by atoms with E-state index < -0.39 is 5.91 Å². The Morgan fingerprint density at radius 3 is 2.54 bits per heavy atom. The van der Waals surface area contributed by atoms with Gasteiger partial charge in [-0.15, -0.1) is 0 Å². The third-order valence-corrected chi connectivity index (χ3v) is 4.14. The molecule has 8 nitrogen and oxygen atoms in total. The lowest BCUT2D eigenvalue weighted by Crippen LogP contribution is -2.56. The Balaban J connectivity index is 1.40. The number of primary amides is 1. The SMILES string of the molecule is NC(=O)c1cc(OC2CN(C(=O)c3ccc4nccnc4c3)C2)ccn1. The van der Waals surface area contributed by atoms with Crippen LogP contribution in [-0.2, 0) is 0 Å². The van der Waals surface area contributed by atoms with Gasteiger partial charge in [0.25, 0.3) is 11.8 Å². The molecule has 2 N–H and O–H groups in total. The van der Waals surface area contributed by atoms with E-state index in [0.29, 0.717) is 29.9 Å². The molecular weight excluding hydrogens is 334 g/mol. The van der Waals surface area contributed by atoms with Crippen LogP contribution in [0.5, 0.6) is 5.75 Å². The van der Waals surface area contributed by atoms with Gasteiger partial charge in [-0.3, -0.25) is 24.5 Å². The second-order valence-electron chi connectivity index (χ2n) is 5.95. The van der Waals surface area contributed by atoms with Crippen molar-refractivity contribution in [2.24, 2.45) is 5.73 Å². The second-order valence-corrected chi connectivity index (χ2v) is 5.95. The molecule has 8 heteroatoms. The summed E-state index contributed by atoms with van der Waals surface area (Å²) < 4.78 is 5.76. The van der Waals surface area contributed by atoms with E-state index in [4.69, 9.17) is 10.5 Å². The zero-order chi connectivity index (χ0) is 18.1. The van der Waals surface area contributed by atoms with Gasteiger partial charge in [-0.1, -0.05) is 0 Å². The fraction of sp³-hybridized carbons (Fsp3) is 0.167. The van der Waals surface area contributed by atoms with Crippen LogP contribution in [-0.4, -0.2) is 50.9 Å². The van der Waals surface area contributed by atoms with Crippen LogP contribution in [0.3, 0.4) is 0 Å². The van der Waals surface area contributed by atoms with Crippen LogP contribution >= 0.6 is 0 Å². The van der Waals surface area contributed by atoms with Crippen molar-refractivity contribution >= 4 is 22.8 Å². The molecule has 0 bridgehead atoms. The molecule has 0 spiro atoms. The van der Waals surface area contributed by atoms with Gasteiger partial charge in [0.2, 0.25) is 0 Å². The molecule has 1 aliphatic rings. The third-order valence-electron chi connectivity index (χ3n) is 4.14. The smallest absolute Gasteiger partial charge is 0.267 e. The van der Waals surface area contributed by atoms with Gasteiger partial charge in [0, 0.05) is 30.2 Å². The molecule has 2 amide bonds. The summed E-state index contributed by atoms with van der Waals surface area (Å²) in [5, 5.41) is 0. The Hall–Kier alpha value is -3.55. The van der Waals surface area contributed by atoms with Crippen molar-refractivity contribution in [2.45, 2.75) is 6.10 Å². The highest BCUT2D eigenvalue weighted by molar-refractivity contribution is 5.97. The van der Waals surface area contributed by atoms with Crippen LogP contribution in [0.1, 0.15) is 20.8 Å². The molecule has 1 saturated heterocycles. The largest absolute Gasteiger partial charge is 0.487 e. The Morgan fingerprint density at radius 2 is 1.77 bits per heavy atom. The van der Waals surface area contributed by atoms with E-state index in [1.165, 1.54) is 12.3 Å². The number of amides is 2. The van der Waals surface area contributed by atoms with Crippen LogP contribution in [0, 0.1) is 0 Å². The number of hydrogen-bond acceptors (Lipinski definition) is 6. The van der Waals surface area contributed by atoms with Crippen LogP contribution in [0.2, 0.25) is 0 Å². The minimum atomic E-state index is -0.611. The van der Waals surface area contributed by atoms with Crippen molar-refractivity contribution in [1.82, 2.24) is 19.9 Å². The third kappa shape index (κ3) is 3.04. The normalized spacial score (nSPS) is 14.1. The lowest BCUT2D eigenvalue weighted by atomic mass is 10.1. The Kier molecular flexibility index (Phi) is 3.92. The maximum Gasteiger partial charge on any atom is 0.267 e. The molecule has 0 unspecified atom stereocenters. The second kappa shape index (κ2) is 6.40. The van der Waals surface area contributed by atoms with Crippen molar-refractivity contribution in [3.8, 4) is 5.75 Å². The van der Waals surface area contributed by atoms with E-state index in [-0.39, 0.29) is 17.7 Å². The van der Waals surface area contributed by atoms with Crippen LogP contribution in [0.15, 0.2) is 48.9 Å². The Labute approximate surface area is 148 Å². The van der Waals surface area contributed by atoms with E-state index >= 15 is 0 Å². The number of ether oxygens (including phenoxy) is 1. The monoisotopic (exact) mass is 349 g/mol. The first-order chi connectivity index (χ1) is 12.6. The van der Waals surface area contributed by atoms with Crippen molar-refractivity contribution < 1.29 is 14.3 Å². The molecule has 4 rings (SSSR count). The minimum absolute atomic E-state index is 0.0787. The number of aromatic nitrogens is 3. The maximum atomic E-state index is 12.6. The summed E-state index contributed by atoms with van der Waals surface area (Å²) in [5.74, 6) is -0.183. The molecule has 26 heavy (non-hydrogen) atoms. The molecule has 130 valence electrons. The number of fused-ring (bicyclic) bond motifs is 1. The van der Waals surface area contributed by atoms with Gasteiger partial charge >= 0.3 is 0 Å². The Morgan fingerprint density at radius 1 is 1.00 bits per heavy atom. The van der Waals surface area contributed by atoms with Gasteiger partial charge in [-0.2, -0.15) is 0 Å². The number of benzene rings is 1. The maximum absolute atomic E-state index is 12.6. The first-order valence-corrected chi connectivity index (χ1v) is 8.03. The number of likely N-dealkylation sites (tertiary alicyclic amines) is 1. The highest BCUT2D eigenvalue weighted by atomic mass is 16.5. The van der Waals surface area contributed by atoms with Crippen LogP contribution in [0.4, 0.5) is 0 Å². The van der Waals surface area contributed by atoms with E-state index in [9.17, 15) is 9.59 Å². The number of pyridine rings is 1. The van der Waals surface area contributed by atoms with E-state index in [1.54, 1.807) is 41.6 Å². The summed E-state index contributed by atoms with van der Waals surface area (Å²) in [7, 11) is 0. The summed E-state index contributed by atoms with van der Waals surface area (Å²) in [6.45, 7) is 0.928. The summed E-state index contributed by atoms with van der Waals surface area (Å²) in [5.41, 5.74) is 7.35. The number of rotatable bonds is 4. The first kappa shape index (κ1) is 15.9. The predicted molar refractivity (Wildman–Crippen MR) is 92.6 cm³/mol. The number of nitrogens with zero attached hydrogens (tertiary/aromatic N) is 4. The molecule has 3 heterocycles. The van der Waals surface area contributed by atoms with E-state index in [0.717, 1.165) is 5.52 Å². The molecule has 0 atom stereocenters. The minimum Gasteiger partial charge on any atom is -0.487 e. The van der Waals surface area contributed by atoms with E-state index in [2.05, 4.69) is 15.0 Å². The van der Waals surface area contributed by atoms with Gasteiger partial charge in [0.15, 0.2) is 0 Å². The molecule has 0 radical (unpaired) electrons. The average Bonchev–Trinajstić information content (AvgIpc) is 2.63. The highest BCUT2D eigenvalue weighted by Gasteiger charge is 2.33. The average molecular weight is 349 g/mol. The number of carbonyl (C=O) groups is 2. The topological polar surface area (TPSA) is 111 Å². The Bertz CT molecular complexity index is 1000. The molecule has 2 aromatic heterocycles. The number of nitrogens with two attached hydrogens (primary N) is 1. The lowest BCUT2D eigenvalue weighted by Gasteiger charge is -2.39. The molecule has 1 aromatic carbocycles. The summed E-state index contributed by atoms with van der Waals surface area (Å²) in [6.07, 6.45) is 4.54. The summed E-state index contributed by atoms with van der Waals surface area (Å²) >= 11 is 0. The zero-order valence-corrected chi connectivity index (χ0v) is 13.7. The molecular formula is C18H15N5O3. The van der Waals surface area contributed by atoms with Gasteiger partial charge in [-0.05, 0) is 24.3 Å². The van der Waals surface area contributed by atoms with Crippen molar-refractivity contribution in [3.05, 3.63) is 60.2 Å². The van der Waals surface area contributed by atoms with Gasteiger partial charge in [0.1, 0.15) is 17.5 Å². The van der Waals surface area contributed by atoms with Crippen molar-refractivity contribution in [3.63, 3.8) is 0 Å². The summed E-state index contributed by atoms with van der Waals surface area (Å²) in [4.78, 5) is 37.7. The van der Waals surface area contributed by atoms with Gasteiger partial charge < -0.3 is 15.4 Å². The van der Waals surface area contributed by atoms with Crippen molar-refractivity contribution in [2.75, 3.05) is 13.1 Å². The lowest BCUT2D eigenvalue weighted by molar-refractivity contribution is 0.0177. The predicted octanol–water partition coefficient (Wildman–Crippen LogP) is 1.03. The fourth-order valence-electron chi connectivity index (χ4n) is 2.77. The van der Waals surface area contributed by atoms with E-state index in [1.807, 2.05) is 0 Å². The number of carbonyl (C=O) groups excluding carboxylic acids is 2. The van der Waals surface area contributed by atoms with Crippen molar-refractivity contribution in [1.29, 1.82) is 0 Å². The molecule has 0 saturated carbocycles. The van der Waals surface area contributed by atoms with Crippen LogP contribution < -0.4 is 10.5 Å². The highest BCUT2D eigenvalue weighted by Crippen LogP contribution is 2.21. The number of hydrogen-bond donors (Lipinski definition) is 1. The van der Waals surface area contributed by atoms with Gasteiger partial charge in [0.05, 0.1) is 24.1 Å². The molecule has 0 aliphatic carbocycles. The van der Waals surface area contributed by atoms with Crippen LogP contribution in [0.25, 0.3) is 11.0 Å². The zero-order valence-electron chi connectivity index (χ0n) is 13.7. The fourth-order valence-corrected chi connectivity index (χ4v) is 2.77.